The Hall–Kier alpha value is -1.35. The van der Waals surface area contributed by atoms with Gasteiger partial charge in [-0.05, 0) is 51.4 Å². The van der Waals surface area contributed by atoms with E-state index >= 15 is 0 Å². The number of aliphatic imine (C=N–C) groups is 1. The lowest BCUT2D eigenvalue weighted by molar-refractivity contribution is -0.00789. The van der Waals surface area contributed by atoms with Crippen LogP contribution in [-0.4, -0.2) is 51.1 Å². The lowest BCUT2D eigenvalue weighted by Gasteiger charge is -2.42. The third-order valence-electron chi connectivity index (χ3n) is 5.11. The second kappa shape index (κ2) is 9.91. The summed E-state index contributed by atoms with van der Waals surface area (Å²) >= 11 is 0. The Bertz CT molecular complexity index is 657. The van der Waals surface area contributed by atoms with Gasteiger partial charge in [-0.3, -0.25) is 15.0 Å². The number of carbonyl (C=O) groups excluding carboxylic acids is 1. The molecule has 2 N–H and O–H groups in total. The van der Waals surface area contributed by atoms with Gasteiger partial charge in [-0.15, -0.1) is 0 Å². The molecule has 0 heterocycles. The molecule has 0 aromatic carbocycles. The fraction of sp³-hybridized carbons (Fsp3) is 0.895. The van der Waals surface area contributed by atoms with Crippen LogP contribution in [0.2, 0.25) is 0 Å². The van der Waals surface area contributed by atoms with Crippen LogP contribution < -0.4 is 10.0 Å². The van der Waals surface area contributed by atoms with Crippen LogP contribution in [0.15, 0.2) is 4.99 Å². The molecule has 0 saturated heterocycles. The number of amides is 1. The van der Waals surface area contributed by atoms with Crippen molar-refractivity contribution in [2.75, 3.05) is 13.7 Å². The minimum atomic E-state index is -3.77. The van der Waals surface area contributed by atoms with Crippen LogP contribution in [0.5, 0.6) is 0 Å². The number of rotatable bonds is 5. The van der Waals surface area contributed by atoms with Gasteiger partial charge in [-0.1, -0.05) is 27.7 Å². The summed E-state index contributed by atoms with van der Waals surface area (Å²) in [4.78, 5) is 16.3. The molecule has 28 heavy (non-hydrogen) atoms. The average molecular weight is 420 g/mol. The van der Waals surface area contributed by atoms with Crippen molar-refractivity contribution < 1.29 is 22.7 Å². The zero-order chi connectivity index (χ0) is 21.7. The summed E-state index contributed by atoms with van der Waals surface area (Å²) in [6.07, 6.45) is 0.658. The first-order valence-corrected chi connectivity index (χ1v) is 11.5. The topological polar surface area (TPSA) is 106 Å². The second-order valence-electron chi connectivity index (χ2n) is 8.67. The van der Waals surface area contributed by atoms with Crippen LogP contribution in [0.3, 0.4) is 0 Å². The molecule has 1 aliphatic rings. The van der Waals surface area contributed by atoms with E-state index in [2.05, 4.69) is 15.0 Å². The summed E-state index contributed by atoms with van der Waals surface area (Å²) in [6.45, 7) is 13.4. The van der Waals surface area contributed by atoms with Crippen molar-refractivity contribution in [2.24, 2.45) is 22.7 Å². The maximum Gasteiger partial charge on any atom is 0.414 e. The van der Waals surface area contributed by atoms with Crippen LogP contribution in [0, 0.1) is 17.8 Å². The monoisotopic (exact) mass is 419 g/mol. The molecule has 0 aliphatic heterocycles. The molecular weight excluding hydrogens is 382 g/mol. The van der Waals surface area contributed by atoms with Crippen LogP contribution in [0.4, 0.5) is 4.79 Å². The van der Waals surface area contributed by atoms with E-state index < -0.39 is 27.0 Å². The predicted octanol–water partition coefficient (Wildman–Crippen LogP) is 2.89. The van der Waals surface area contributed by atoms with E-state index in [1.54, 1.807) is 27.9 Å². The molecule has 1 saturated carbocycles. The fourth-order valence-corrected chi connectivity index (χ4v) is 5.75. The number of ether oxygens (including phenoxy) is 2. The first-order valence-electron chi connectivity index (χ1n) is 9.91. The van der Waals surface area contributed by atoms with E-state index in [1.165, 1.54) is 0 Å². The smallest absolute Gasteiger partial charge is 0.414 e. The highest BCUT2D eigenvalue weighted by Crippen LogP contribution is 2.38. The van der Waals surface area contributed by atoms with Crippen molar-refractivity contribution in [1.82, 2.24) is 10.0 Å². The first-order chi connectivity index (χ1) is 12.8. The van der Waals surface area contributed by atoms with Gasteiger partial charge >= 0.3 is 6.09 Å². The van der Waals surface area contributed by atoms with Crippen molar-refractivity contribution in [3.63, 3.8) is 0 Å². The second-order valence-corrected chi connectivity index (χ2v) is 10.5. The van der Waals surface area contributed by atoms with Gasteiger partial charge < -0.3 is 9.47 Å². The normalized spacial score (nSPS) is 29.3. The summed E-state index contributed by atoms with van der Waals surface area (Å²) in [5.41, 5.74) is -0.699. The summed E-state index contributed by atoms with van der Waals surface area (Å²) in [7, 11) is -2.11. The maximum atomic E-state index is 13.2. The van der Waals surface area contributed by atoms with Gasteiger partial charge in [0.05, 0.1) is 11.4 Å². The van der Waals surface area contributed by atoms with Gasteiger partial charge in [0.15, 0.2) is 0 Å². The third-order valence-corrected chi connectivity index (χ3v) is 7.20. The number of hydrogen-bond donors (Lipinski definition) is 2. The van der Waals surface area contributed by atoms with Gasteiger partial charge in [0.2, 0.25) is 16.0 Å². The highest BCUT2D eigenvalue weighted by molar-refractivity contribution is 7.90. The number of nitrogens with zero attached hydrogens (tertiary/aromatic N) is 1. The molecule has 0 bridgehead atoms. The highest BCUT2D eigenvalue weighted by atomic mass is 32.2. The minimum Gasteiger partial charge on any atom is -0.444 e. The lowest BCUT2D eigenvalue weighted by Crippen LogP contribution is -2.54. The number of methoxy groups -OCH3 is 1. The maximum absolute atomic E-state index is 13.2. The molecule has 1 fully saturated rings. The molecule has 1 amide bonds. The molecule has 5 unspecified atom stereocenters. The lowest BCUT2D eigenvalue weighted by atomic mass is 9.74. The Morgan fingerprint density at radius 1 is 1.18 bits per heavy atom. The first kappa shape index (κ1) is 24.7. The molecule has 1 aliphatic carbocycles. The fourth-order valence-electron chi connectivity index (χ4n) is 3.69. The molecule has 164 valence electrons. The predicted molar refractivity (Wildman–Crippen MR) is 111 cm³/mol. The number of hydrogen-bond acceptors (Lipinski definition) is 6. The largest absolute Gasteiger partial charge is 0.444 e. The number of alkyl carbamates (subject to hydrolysis) is 1. The van der Waals surface area contributed by atoms with Crippen molar-refractivity contribution in [1.29, 1.82) is 0 Å². The quantitative estimate of drug-likeness (QED) is 0.526. The van der Waals surface area contributed by atoms with Crippen LogP contribution in [-0.2, 0) is 19.5 Å². The Balaban J connectivity index is 3.01. The molecule has 8 nitrogen and oxygen atoms in total. The Morgan fingerprint density at radius 3 is 2.29 bits per heavy atom. The highest BCUT2D eigenvalue weighted by Gasteiger charge is 2.45. The van der Waals surface area contributed by atoms with Gasteiger partial charge in [-0.25, -0.2) is 13.2 Å². The van der Waals surface area contributed by atoms with Crippen molar-refractivity contribution >= 4 is 22.1 Å². The molecule has 0 radical (unpaired) electrons. The average Bonchev–Trinajstić information content (AvgIpc) is 2.53. The number of nitrogens with one attached hydrogen (secondary N) is 2. The molecular formula is C19H37N3O5S. The zero-order valence-corrected chi connectivity index (χ0v) is 19.2. The van der Waals surface area contributed by atoms with Crippen LogP contribution >= 0.6 is 0 Å². The van der Waals surface area contributed by atoms with Crippen molar-refractivity contribution in [2.45, 2.75) is 78.3 Å². The molecule has 1 rings (SSSR count). The van der Waals surface area contributed by atoms with E-state index in [0.717, 1.165) is 0 Å². The summed E-state index contributed by atoms with van der Waals surface area (Å²) < 4.78 is 39.6. The van der Waals surface area contributed by atoms with E-state index in [0.29, 0.717) is 19.4 Å². The Kier molecular flexibility index (Phi) is 8.74. The number of sulfonamides is 1. The molecule has 0 spiro atoms. The van der Waals surface area contributed by atoms with Crippen LogP contribution in [0.1, 0.15) is 61.3 Å². The van der Waals surface area contributed by atoms with Gasteiger partial charge in [-0.2, -0.15) is 0 Å². The van der Waals surface area contributed by atoms with Gasteiger partial charge in [0, 0.05) is 13.7 Å². The summed E-state index contributed by atoms with van der Waals surface area (Å²) in [5, 5.41) is 1.83. The molecule has 9 heteroatoms. The summed E-state index contributed by atoms with van der Waals surface area (Å²) in [6, 6.07) is 0. The zero-order valence-electron chi connectivity index (χ0n) is 18.4. The van der Waals surface area contributed by atoms with E-state index in [-0.39, 0.29) is 29.8 Å². The molecule has 0 aromatic heterocycles. The molecule has 5 atom stereocenters. The third kappa shape index (κ3) is 6.92. The molecule has 0 aromatic rings. The van der Waals surface area contributed by atoms with Crippen molar-refractivity contribution in [3.8, 4) is 0 Å². The Morgan fingerprint density at radius 2 is 1.79 bits per heavy atom. The van der Waals surface area contributed by atoms with Crippen LogP contribution in [0.25, 0.3) is 0 Å². The minimum absolute atomic E-state index is 0.0320. The van der Waals surface area contributed by atoms with E-state index in [4.69, 9.17) is 9.47 Å². The van der Waals surface area contributed by atoms with Gasteiger partial charge in [0.25, 0.3) is 0 Å². The standard InChI is InChI=1S/C19H37N3O5S/c1-9-10-20-17(21-18(23)27-19(5,6)7)22-28(24,25)16-12(2)11-15(26-8)13(3)14(16)4/h12-16H,9-11H2,1-8H3,(H2,20,21,22,23). The van der Waals surface area contributed by atoms with Crippen molar-refractivity contribution in [3.05, 3.63) is 0 Å². The SMILES string of the molecule is CCCN=C(NC(=O)OC(C)(C)C)NS(=O)(=O)C1C(C)CC(OC)C(C)C1C. The van der Waals surface area contributed by atoms with Gasteiger partial charge in [0.1, 0.15) is 5.60 Å². The Labute approximate surface area is 169 Å². The number of carbonyl (C=O) groups is 1. The number of guanidine groups is 1. The van der Waals surface area contributed by atoms with E-state index in [1.807, 2.05) is 27.7 Å². The summed E-state index contributed by atoms with van der Waals surface area (Å²) in [5.74, 6) is -0.211. The van der Waals surface area contributed by atoms with E-state index in [9.17, 15) is 13.2 Å².